The van der Waals surface area contributed by atoms with E-state index in [0.717, 1.165) is 24.4 Å². The van der Waals surface area contributed by atoms with Gasteiger partial charge in [-0.25, -0.2) is 0 Å². The highest BCUT2D eigenvalue weighted by Crippen LogP contribution is 2.41. The Morgan fingerprint density at radius 3 is 1.64 bits per heavy atom. The largest absolute Gasteiger partial charge is 0.378 e. The lowest BCUT2D eigenvalue weighted by Crippen LogP contribution is -2.28. The van der Waals surface area contributed by atoms with Crippen LogP contribution in [0.3, 0.4) is 0 Å². The van der Waals surface area contributed by atoms with Gasteiger partial charge >= 0.3 is 0 Å². The maximum atomic E-state index is 6.24. The number of ether oxygens (including phenoxy) is 1. The molecule has 0 aliphatic heterocycles. The molecule has 0 aromatic carbocycles. The second-order valence-electron chi connectivity index (χ2n) is 10.2. The van der Waals surface area contributed by atoms with E-state index in [-0.39, 0.29) is 0 Å². The minimum Gasteiger partial charge on any atom is -0.378 e. The maximum absolute atomic E-state index is 6.24. The summed E-state index contributed by atoms with van der Waals surface area (Å²) in [6.07, 6.45) is 29.3. The van der Waals surface area contributed by atoms with Crippen LogP contribution in [0.1, 0.15) is 142 Å². The fraction of sp³-hybridized carbons (Fsp3) is 1.00. The zero-order chi connectivity index (χ0) is 19.9. The highest BCUT2D eigenvalue weighted by molar-refractivity contribution is 4.82. The van der Waals surface area contributed by atoms with E-state index in [4.69, 9.17) is 4.74 Å². The van der Waals surface area contributed by atoms with Gasteiger partial charge in [0.1, 0.15) is 0 Å². The average molecular weight is 393 g/mol. The molecular formula is C27H52O. The number of hydrogen-bond donors (Lipinski definition) is 0. The van der Waals surface area contributed by atoms with Gasteiger partial charge in [-0.05, 0) is 62.7 Å². The molecule has 2 aliphatic carbocycles. The number of unbranched alkanes of at least 4 members (excludes halogenated alkanes) is 9. The van der Waals surface area contributed by atoms with E-state index in [0.29, 0.717) is 6.10 Å². The summed E-state index contributed by atoms with van der Waals surface area (Å²) in [6.45, 7) is 5.64. The molecule has 1 nitrogen and oxygen atoms in total. The molecule has 0 N–H and O–H groups in total. The number of hydrogen-bond acceptors (Lipinski definition) is 1. The Labute approximate surface area is 177 Å². The molecule has 2 fully saturated rings. The van der Waals surface area contributed by atoms with E-state index < -0.39 is 0 Å². The average Bonchev–Trinajstić information content (AvgIpc) is 2.74. The van der Waals surface area contributed by atoms with Crippen LogP contribution in [0.4, 0.5) is 0 Å². The molecule has 0 saturated heterocycles. The monoisotopic (exact) mass is 392 g/mol. The summed E-state index contributed by atoms with van der Waals surface area (Å²) >= 11 is 0. The normalized spacial score (nSPS) is 28.5. The fourth-order valence-electron chi connectivity index (χ4n) is 5.84. The molecule has 2 rings (SSSR count). The molecule has 0 heterocycles. The molecule has 1 heteroatoms. The van der Waals surface area contributed by atoms with Crippen molar-refractivity contribution in [1.29, 1.82) is 0 Å². The van der Waals surface area contributed by atoms with Gasteiger partial charge in [0.25, 0.3) is 0 Å². The predicted octanol–water partition coefficient (Wildman–Crippen LogP) is 9.09. The van der Waals surface area contributed by atoms with Gasteiger partial charge in [0.15, 0.2) is 0 Å². The van der Waals surface area contributed by atoms with Crippen LogP contribution in [-0.4, -0.2) is 12.7 Å². The molecule has 2 aliphatic rings. The quantitative estimate of drug-likeness (QED) is 0.252. The van der Waals surface area contributed by atoms with Crippen LogP contribution in [0.5, 0.6) is 0 Å². The van der Waals surface area contributed by atoms with Crippen LogP contribution >= 0.6 is 0 Å². The lowest BCUT2D eigenvalue weighted by atomic mass is 9.70. The van der Waals surface area contributed by atoms with E-state index in [2.05, 4.69) is 13.8 Å². The second-order valence-corrected chi connectivity index (χ2v) is 10.2. The molecule has 166 valence electrons. The summed E-state index contributed by atoms with van der Waals surface area (Å²) in [7, 11) is 0. The van der Waals surface area contributed by atoms with Crippen molar-refractivity contribution in [2.45, 2.75) is 148 Å². The van der Waals surface area contributed by atoms with Crippen molar-refractivity contribution in [3.05, 3.63) is 0 Å². The molecule has 0 spiro atoms. The third kappa shape index (κ3) is 10.1. The van der Waals surface area contributed by atoms with E-state index in [9.17, 15) is 0 Å². The Kier molecular flexibility index (Phi) is 13.6. The molecule has 0 aromatic rings. The van der Waals surface area contributed by atoms with Gasteiger partial charge in [-0.15, -0.1) is 0 Å². The number of rotatable bonds is 15. The van der Waals surface area contributed by atoms with Crippen LogP contribution in [0.15, 0.2) is 0 Å². The zero-order valence-electron chi connectivity index (χ0n) is 19.6. The van der Waals surface area contributed by atoms with Gasteiger partial charge in [-0.1, -0.05) is 97.3 Å². The van der Waals surface area contributed by atoms with Crippen molar-refractivity contribution in [1.82, 2.24) is 0 Å². The summed E-state index contributed by atoms with van der Waals surface area (Å²) in [5.41, 5.74) is 0. The van der Waals surface area contributed by atoms with E-state index >= 15 is 0 Å². The Hall–Kier alpha value is -0.0400. The molecule has 0 amide bonds. The zero-order valence-corrected chi connectivity index (χ0v) is 19.6. The summed E-state index contributed by atoms with van der Waals surface area (Å²) in [5, 5.41) is 0. The first-order chi connectivity index (χ1) is 13.8. The van der Waals surface area contributed by atoms with Gasteiger partial charge in [-0.2, -0.15) is 0 Å². The summed E-state index contributed by atoms with van der Waals surface area (Å²) in [5.74, 6) is 3.14. The summed E-state index contributed by atoms with van der Waals surface area (Å²) < 4.78 is 6.24. The van der Waals surface area contributed by atoms with Crippen LogP contribution in [0.25, 0.3) is 0 Å². The van der Waals surface area contributed by atoms with Crippen molar-refractivity contribution in [2.75, 3.05) is 6.61 Å². The summed E-state index contributed by atoms with van der Waals surface area (Å²) in [4.78, 5) is 0. The molecule has 28 heavy (non-hydrogen) atoms. The van der Waals surface area contributed by atoms with E-state index in [1.807, 2.05) is 0 Å². The van der Waals surface area contributed by atoms with Gasteiger partial charge in [0.2, 0.25) is 0 Å². The lowest BCUT2D eigenvalue weighted by Gasteiger charge is -2.38. The van der Waals surface area contributed by atoms with Crippen molar-refractivity contribution < 1.29 is 4.74 Å². The Morgan fingerprint density at radius 1 is 0.536 bits per heavy atom. The van der Waals surface area contributed by atoms with Gasteiger partial charge in [0, 0.05) is 6.61 Å². The minimum absolute atomic E-state index is 0.589. The van der Waals surface area contributed by atoms with Crippen LogP contribution in [0.2, 0.25) is 0 Å². The third-order valence-electron chi connectivity index (χ3n) is 7.84. The highest BCUT2D eigenvalue weighted by atomic mass is 16.5. The smallest absolute Gasteiger partial charge is 0.0575 e. The van der Waals surface area contributed by atoms with Crippen molar-refractivity contribution in [2.24, 2.45) is 17.8 Å². The minimum atomic E-state index is 0.589. The SMILES string of the molecule is CCCCCCCCCCO[C@H]1CC[C@H](C2CCC(CCCCC)CC2)CC1. The molecule has 0 unspecified atom stereocenters. The van der Waals surface area contributed by atoms with Crippen LogP contribution < -0.4 is 0 Å². The second kappa shape index (κ2) is 15.8. The molecular weight excluding hydrogens is 340 g/mol. The Bertz CT molecular complexity index is 336. The molecule has 0 aromatic heterocycles. The van der Waals surface area contributed by atoms with Crippen LogP contribution in [0, 0.1) is 17.8 Å². The molecule has 0 atom stereocenters. The topological polar surface area (TPSA) is 9.23 Å². The lowest BCUT2D eigenvalue weighted by molar-refractivity contribution is 0.00526. The van der Waals surface area contributed by atoms with E-state index in [1.165, 1.54) is 128 Å². The van der Waals surface area contributed by atoms with Gasteiger partial charge < -0.3 is 4.74 Å². The highest BCUT2D eigenvalue weighted by Gasteiger charge is 2.30. The molecule has 0 radical (unpaired) electrons. The predicted molar refractivity (Wildman–Crippen MR) is 124 cm³/mol. The first-order valence-corrected chi connectivity index (χ1v) is 13.4. The first-order valence-electron chi connectivity index (χ1n) is 13.4. The van der Waals surface area contributed by atoms with E-state index in [1.54, 1.807) is 0 Å². The third-order valence-corrected chi connectivity index (χ3v) is 7.84. The van der Waals surface area contributed by atoms with Gasteiger partial charge in [0.05, 0.1) is 6.10 Å². The fourth-order valence-corrected chi connectivity index (χ4v) is 5.84. The van der Waals surface area contributed by atoms with Gasteiger partial charge in [-0.3, -0.25) is 0 Å². The van der Waals surface area contributed by atoms with Crippen molar-refractivity contribution in [3.63, 3.8) is 0 Å². The van der Waals surface area contributed by atoms with Crippen molar-refractivity contribution in [3.8, 4) is 0 Å². The Balaban J connectivity index is 1.44. The molecule has 0 bridgehead atoms. The first kappa shape index (κ1) is 24.2. The maximum Gasteiger partial charge on any atom is 0.0575 e. The van der Waals surface area contributed by atoms with Crippen LogP contribution in [-0.2, 0) is 4.74 Å². The molecule has 2 saturated carbocycles. The van der Waals surface area contributed by atoms with Crippen molar-refractivity contribution >= 4 is 0 Å². The standard InChI is InChI=1S/C27H52O/c1-3-5-7-8-9-10-11-13-23-28-27-21-19-26(20-22-27)25-17-15-24(16-18-25)14-12-6-4-2/h24-27H,3-23H2,1-2H3/t24?,25?,26-,27-. The Morgan fingerprint density at radius 2 is 1.04 bits per heavy atom. The summed E-state index contributed by atoms with van der Waals surface area (Å²) in [6, 6.07) is 0.